The molecule has 6 nitrogen and oxygen atoms in total. The number of rotatable bonds is 2. The summed E-state index contributed by atoms with van der Waals surface area (Å²) in [5, 5.41) is 12.8. The van der Waals surface area contributed by atoms with Gasteiger partial charge in [0.2, 0.25) is 0 Å². The Hall–Kier alpha value is -2.24. The van der Waals surface area contributed by atoms with E-state index in [4.69, 9.17) is 0 Å². The number of hydrogen-bond donors (Lipinski definition) is 2. The predicted molar refractivity (Wildman–Crippen MR) is 66.7 cm³/mol. The Kier molecular flexibility index (Phi) is 4.07. The van der Waals surface area contributed by atoms with Crippen LogP contribution in [0.4, 0.5) is 26.3 Å². The summed E-state index contributed by atoms with van der Waals surface area (Å²) in [6.07, 6.45) is -10.9. The number of aromatic nitrogens is 2. The highest BCUT2D eigenvalue weighted by Gasteiger charge is 2.63. The molecule has 2 N–H and O–H groups in total. The summed E-state index contributed by atoms with van der Waals surface area (Å²) in [5.41, 5.74) is -3.18. The van der Waals surface area contributed by atoms with Crippen molar-refractivity contribution < 1.29 is 36.2 Å². The number of hydrazine groups is 1. The summed E-state index contributed by atoms with van der Waals surface area (Å²) in [6, 6.07) is 0.652. The highest BCUT2D eigenvalue weighted by Crippen LogP contribution is 2.40. The van der Waals surface area contributed by atoms with Crippen LogP contribution in [-0.4, -0.2) is 37.7 Å². The molecule has 0 bridgehead atoms. The molecule has 1 atom stereocenters. The van der Waals surface area contributed by atoms with Gasteiger partial charge in [-0.1, -0.05) is 6.58 Å². The number of hydrogen-bond acceptors (Lipinski definition) is 4. The zero-order valence-electron chi connectivity index (χ0n) is 12.2. The lowest BCUT2D eigenvalue weighted by Gasteiger charge is -2.33. The first kappa shape index (κ1) is 18.1. The van der Waals surface area contributed by atoms with E-state index < -0.39 is 42.6 Å². The summed E-state index contributed by atoms with van der Waals surface area (Å²) in [5.74, 6) is -1.33. The lowest BCUT2D eigenvalue weighted by molar-refractivity contribution is -0.304. The highest BCUT2D eigenvalue weighted by molar-refractivity contribution is 5.77. The molecule has 134 valence electrons. The molecule has 12 heteroatoms. The monoisotopic (exact) mass is 358 g/mol. The van der Waals surface area contributed by atoms with Crippen LogP contribution in [0.3, 0.4) is 0 Å². The van der Waals surface area contributed by atoms with Crippen molar-refractivity contribution in [3.63, 3.8) is 0 Å². The number of aliphatic hydroxyl groups is 1. The topological polar surface area (TPSA) is 70.4 Å². The van der Waals surface area contributed by atoms with Gasteiger partial charge in [0.05, 0.1) is 0 Å². The third kappa shape index (κ3) is 3.05. The molecule has 1 aliphatic rings. The van der Waals surface area contributed by atoms with Crippen molar-refractivity contribution in [3.05, 3.63) is 29.7 Å². The van der Waals surface area contributed by atoms with Gasteiger partial charge in [-0.05, 0) is 13.0 Å². The van der Waals surface area contributed by atoms with E-state index in [0.717, 1.165) is 0 Å². The van der Waals surface area contributed by atoms with Gasteiger partial charge < -0.3 is 5.11 Å². The number of nitrogens with zero attached hydrogens (tertiary/aromatic N) is 3. The largest absolute Gasteiger partial charge is 0.438 e. The summed E-state index contributed by atoms with van der Waals surface area (Å²) in [7, 11) is 0. The average molecular weight is 358 g/mol. The Morgan fingerprint density at radius 1 is 1.42 bits per heavy atom. The van der Waals surface area contributed by atoms with Gasteiger partial charge in [-0.25, -0.2) is 5.01 Å². The summed E-state index contributed by atoms with van der Waals surface area (Å²) >= 11 is 0. The fourth-order valence-electron chi connectivity index (χ4n) is 2.17. The second-order valence-corrected chi connectivity index (χ2v) is 5.26. The van der Waals surface area contributed by atoms with Crippen molar-refractivity contribution >= 4 is 5.91 Å². The van der Waals surface area contributed by atoms with Gasteiger partial charge in [0, 0.05) is 17.8 Å². The van der Waals surface area contributed by atoms with Crippen molar-refractivity contribution in [1.29, 1.82) is 0 Å². The van der Waals surface area contributed by atoms with E-state index in [-0.39, 0.29) is 16.4 Å². The summed E-state index contributed by atoms with van der Waals surface area (Å²) < 4.78 is 77.3. The van der Waals surface area contributed by atoms with Crippen LogP contribution in [0.1, 0.15) is 17.8 Å². The van der Waals surface area contributed by atoms with E-state index in [0.29, 0.717) is 10.7 Å². The molecule has 0 radical (unpaired) electrons. The van der Waals surface area contributed by atoms with Crippen molar-refractivity contribution in [2.45, 2.75) is 38.0 Å². The third-order valence-electron chi connectivity index (χ3n) is 3.36. The normalized spacial score (nSPS) is 22.0. The molecule has 1 unspecified atom stereocenters. The number of carbonyl (C=O) groups is 1. The van der Waals surface area contributed by atoms with Gasteiger partial charge >= 0.3 is 12.4 Å². The molecular weight excluding hydrogens is 346 g/mol. The van der Waals surface area contributed by atoms with E-state index in [1.165, 1.54) is 6.92 Å². The van der Waals surface area contributed by atoms with Crippen LogP contribution >= 0.6 is 0 Å². The zero-order valence-corrected chi connectivity index (χ0v) is 12.2. The lowest BCUT2D eigenvalue weighted by atomic mass is 10.1. The smallest absolute Gasteiger partial charge is 0.362 e. The molecule has 0 aromatic carbocycles. The second kappa shape index (κ2) is 5.40. The number of halogens is 6. The van der Waals surface area contributed by atoms with E-state index in [2.05, 4.69) is 11.7 Å². The second-order valence-electron chi connectivity index (χ2n) is 5.26. The maximum Gasteiger partial charge on any atom is 0.438 e. The van der Waals surface area contributed by atoms with E-state index in [9.17, 15) is 36.2 Å². The minimum absolute atomic E-state index is 0.0794. The predicted octanol–water partition coefficient (Wildman–Crippen LogP) is 1.71. The summed E-state index contributed by atoms with van der Waals surface area (Å²) in [4.78, 5) is 12.1. The molecule has 1 saturated heterocycles. The molecule has 1 aromatic heterocycles. The van der Waals surface area contributed by atoms with Crippen molar-refractivity contribution in [3.8, 4) is 0 Å². The Balaban J connectivity index is 2.27. The number of aryl methyl sites for hydroxylation is 1. The van der Waals surface area contributed by atoms with Gasteiger partial charge in [0.15, 0.2) is 5.69 Å². The standard InChI is InChI=1S/C12H12F6N4O2/c1-6-4-10(24,12(16,17)18)22(19-6)9(23)5-21-7(2)3-8(20-21)11(13,14)15/h3,19,24H,1,4-5H2,2H3. The average Bonchev–Trinajstić information content (AvgIpc) is 2.90. The number of carbonyl (C=O) groups excluding carboxylic acids is 1. The van der Waals surface area contributed by atoms with E-state index in [1.807, 2.05) is 5.43 Å². The van der Waals surface area contributed by atoms with Crippen LogP contribution in [-0.2, 0) is 17.5 Å². The fraction of sp³-hybridized carbons (Fsp3) is 0.500. The zero-order chi connectivity index (χ0) is 18.5. The molecule has 0 saturated carbocycles. The molecule has 2 rings (SSSR count). The summed E-state index contributed by atoms with van der Waals surface area (Å²) in [6.45, 7) is 3.50. The Labute approximate surface area is 131 Å². The first-order valence-corrected chi connectivity index (χ1v) is 6.44. The van der Waals surface area contributed by atoms with Crippen LogP contribution in [0.5, 0.6) is 0 Å². The van der Waals surface area contributed by atoms with Crippen LogP contribution in [0.2, 0.25) is 0 Å². The number of alkyl halides is 6. The molecule has 1 fully saturated rings. The van der Waals surface area contributed by atoms with Gasteiger partial charge in [-0.15, -0.1) is 0 Å². The third-order valence-corrected chi connectivity index (χ3v) is 3.36. The molecule has 24 heavy (non-hydrogen) atoms. The minimum Gasteiger partial charge on any atom is -0.362 e. The molecule has 1 aromatic rings. The molecule has 0 aliphatic carbocycles. The molecule has 1 aliphatic heterocycles. The van der Waals surface area contributed by atoms with Crippen LogP contribution in [0.15, 0.2) is 18.3 Å². The lowest BCUT2D eigenvalue weighted by Crippen LogP contribution is -2.60. The van der Waals surface area contributed by atoms with Crippen LogP contribution in [0.25, 0.3) is 0 Å². The van der Waals surface area contributed by atoms with E-state index >= 15 is 0 Å². The van der Waals surface area contributed by atoms with Gasteiger partial charge in [0.1, 0.15) is 6.54 Å². The fourth-order valence-corrected chi connectivity index (χ4v) is 2.17. The quantitative estimate of drug-likeness (QED) is 0.790. The van der Waals surface area contributed by atoms with Gasteiger partial charge in [-0.2, -0.15) is 31.4 Å². The Morgan fingerprint density at radius 3 is 2.46 bits per heavy atom. The maximum absolute atomic E-state index is 13.0. The van der Waals surface area contributed by atoms with Gasteiger partial charge in [-0.3, -0.25) is 14.9 Å². The van der Waals surface area contributed by atoms with E-state index in [1.54, 1.807) is 0 Å². The molecule has 0 spiro atoms. The van der Waals surface area contributed by atoms with Crippen molar-refractivity contribution in [2.24, 2.45) is 0 Å². The molecule has 1 amide bonds. The SMILES string of the molecule is C=C1CC(O)(C(F)(F)F)N(C(=O)Cn2nc(C(F)(F)F)cc2C)N1. The minimum atomic E-state index is -5.19. The van der Waals surface area contributed by atoms with Crippen molar-refractivity contribution in [1.82, 2.24) is 20.2 Å². The Bertz CT molecular complexity index is 680. The van der Waals surface area contributed by atoms with Crippen LogP contribution in [0, 0.1) is 6.92 Å². The molecule has 2 heterocycles. The molecular formula is C12H12F6N4O2. The first-order valence-electron chi connectivity index (χ1n) is 6.44. The first-order chi connectivity index (χ1) is 10.8. The number of amides is 1. The van der Waals surface area contributed by atoms with Gasteiger partial charge in [0.25, 0.3) is 11.6 Å². The highest BCUT2D eigenvalue weighted by atomic mass is 19.4. The Morgan fingerprint density at radius 2 is 2.00 bits per heavy atom. The number of nitrogens with one attached hydrogen (secondary N) is 1. The maximum atomic E-state index is 13.0. The van der Waals surface area contributed by atoms with Crippen molar-refractivity contribution in [2.75, 3.05) is 0 Å². The van der Waals surface area contributed by atoms with Crippen LogP contribution < -0.4 is 5.43 Å².